The fourth-order valence-electron chi connectivity index (χ4n) is 3.47. The van der Waals surface area contributed by atoms with Crippen LogP contribution in [0.2, 0.25) is 0 Å². The molecule has 0 unspecified atom stereocenters. The highest BCUT2D eigenvalue weighted by molar-refractivity contribution is 5.98. The first-order valence-corrected chi connectivity index (χ1v) is 9.78. The summed E-state index contributed by atoms with van der Waals surface area (Å²) in [5, 5.41) is 8.85. The van der Waals surface area contributed by atoms with E-state index in [2.05, 4.69) is 34.9 Å². The van der Waals surface area contributed by atoms with Gasteiger partial charge in [-0.05, 0) is 59.5 Å². The number of amides is 1. The van der Waals surface area contributed by atoms with Crippen molar-refractivity contribution in [3.63, 3.8) is 0 Å². The minimum atomic E-state index is -0.503. The molecule has 0 saturated heterocycles. The molecule has 0 aliphatic rings. The summed E-state index contributed by atoms with van der Waals surface area (Å²) >= 11 is 0. The number of benzene rings is 4. The van der Waals surface area contributed by atoms with Crippen molar-refractivity contribution in [1.82, 2.24) is 0 Å². The molecule has 144 valence electrons. The zero-order valence-corrected chi connectivity index (χ0v) is 16.6. The SMILES string of the molecule is Cc1ccc(C)c(NC(=O)[C@H](Nc2ccc3ccccc3c2)c2ccccc2)c1. The minimum Gasteiger partial charge on any atom is -0.370 e. The Morgan fingerprint density at radius 3 is 2.28 bits per heavy atom. The van der Waals surface area contributed by atoms with Crippen LogP contribution in [0.15, 0.2) is 91.0 Å². The van der Waals surface area contributed by atoms with Crippen molar-refractivity contribution < 1.29 is 4.79 Å². The number of hydrogen-bond acceptors (Lipinski definition) is 2. The second-order valence-corrected chi connectivity index (χ2v) is 7.36. The minimum absolute atomic E-state index is 0.0851. The Balaban J connectivity index is 1.65. The Labute approximate surface area is 171 Å². The predicted octanol–water partition coefficient (Wildman–Crippen LogP) is 6.25. The summed E-state index contributed by atoms with van der Waals surface area (Å²) in [6, 6.07) is 29.8. The van der Waals surface area contributed by atoms with Crippen molar-refractivity contribution in [2.24, 2.45) is 0 Å². The van der Waals surface area contributed by atoms with Gasteiger partial charge in [0.1, 0.15) is 6.04 Å². The molecule has 0 fully saturated rings. The van der Waals surface area contributed by atoms with E-state index < -0.39 is 6.04 Å². The molecule has 0 bridgehead atoms. The van der Waals surface area contributed by atoms with Crippen LogP contribution in [0.3, 0.4) is 0 Å². The maximum atomic E-state index is 13.3. The van der Waals surface area contributed by atoms with Crippen LogP contribution < -0.4 is 10.6 Å². The zero-order valence-electron chi connectivity index (χ0n) is 16.6. The maximum absolute atomic E-state index is 13.3. The first kappa shape index (κ1) is 18.8. The topological polar surface area (TPSA) is 41.1 Å². The van der Waals surface area contributed by atoms with Gasteiger partial charge in [0.2, 0.25) is 0 Å². The molecule has 29 heavy (non-hydrogen) atoms. The fourth-order valence-corrected chi connectivity index (χ4v) is 3.47. The molecule has 3 nitrogen and oxygen atoms in total. The highest BCUT2D eigenvalue weighted by Crippen LogP contribution is 2.26. The van der Waals surface area contributed by atoms with Gasteiger partial charge in [-0.25, -0.2) is 0 Å². The molecule has 0 aliphatic carbocycles. The lowest BCUT2D eigenvalue weighted by Gasteiger charge is -2.21. The standard InChI is InChI=1S/C26H24N2O/c1-18-12-13-19(2)24(16-18)28-26(29)25(21-9-4-3-5-10-21)27-23-15-14-20-8-6-7-11-22(20)17-23/h3-17,25,27H,1-2H3,(H,28,29)/t25-/m1/s1. The van der Waals surface area contributed by atoms with Crippen molar-refractivity contribution in [3.05, 3.63) is 108 Å². The molecule has 0 heterocycles. The second-order valence-electron chi connectivity index (χ2n) is 7.36. The van der Waals surface area contributed by atoms with E-state index >= 15 is 0 Å². The Morgan fingerprint density at radius 1 is 0.759 bits per heavy atom. The average Bonchev–Trinajstić information content (AvgIpc) is 2.75. The normalized spacial score (nSPS) is 11.8. The van der Waals surface area contributed by atoms with E-state index in [-0.39, 0.29) is 5.91 Å². The Morgan fingerprint density at radius 2 is 1.48 bits per heavy atom. The van der Waals surface area contributed by atoms with E-state index in [1.54, 1.807) is 0 Å². The van der Waals surface area contributed by atoms with Gasteiger partial charge in [0.15, 0.2) is 0 Å². The van der Waals surface area contributed by atoms with Gasteiger partial charge in [-0.15, -0.1) is 0 Å². The monoisotopic (exact) mass is 380 g/mol. The molecule has 1 amide bonds. The van der Waals surface area contributed by atoms with Crippen molar-refractivity contribution in [2.45, 2.75) is 19.9 Å². The van der Waals surface area contributed by atoms with Crippen LogP contribution in [0, 0.1) is 13.8 Å². The number of rotatable bonds is 5. The molecule has 4 aromatic carbocycles. The third-order valence-electron chi connectivity index (χ3n) is 5.11. The van der Waals surface area contributed by atoms with Gasteiger partial charge < -0.3 is 10.6 Å². The first-order chi connectivity index (χ1) is 14.1. The third-order valence-corrected chi connectivity index (χ3v) is 5.11. The summed E-state index contributed by atoms with van der Waals surface area (Å²) < 4.78 is 0. The predicted molar refractivity (Wildman–Crippen MR) is 121 cm³/mol. The highest BCUT2D eigenvalue weighted by atomic mass is 16.2. The van der Waals surface area contributed by atoms with Crippen LogP contribution >= 0.6 is 0 Å². The molecule has 0 radical (unpaired) electrons. The quantitative estimate of drug-likeness (QED) is 0.430. The smallest absolute Gasteiger partial charge is 0.251 e. The summed E-state index contributed by atoms with van der Waals surface area (Å²) in [4.78, 5) is 13.3. The zero-order chi connectivity index (χ0) is 20.2. The average molecular weight is 380 g/mol. The lowest BCUT2D eigenvalue weighted by Crippen LogP contribution is -2.27. The van der Waals surface area contributed by atoms with Gasteiger partial charge in [-0.1, -0.05) is 72.8 Å². The Kier molecular flexibility index (Phi) is 5.30. The van der Waals surface area contributed by atoms with Gasteiger partial charge in [0.25, 0.3) is 5.91 Å². The van der Waals surface area contributed by atoms with E-state index in [1.807, 2.05) is 80.6 Å². The van der Waals surface area contributed by atoms with Crippen molar-refractivity contribution in [1.29, 1.82) is 0 Å². The van der Waals surface area contributed by atoms with Crippen LogP contribution in [0.25, 0.3) is 10.8 Å². The van der Waals surface area contributed by atoms with Gasteiger partial charge in [0.05, 0.1) is 0 Å². The van der Waals surface area contributed by atoms with E-state index in [9.17, 15) is 4.79 Å². The van der Waals surface area contributed by atoms with E-state index in [0.717, 1.165) is 33.5 Å². The van der Waals surface area contributed by atoms with Crippen LogP contribution in [-0.2, 0) is 4.79 Å². The number of anilines is 2. The summed E-state index contributed by atoms with van der Waals surface area (Å²) in [6.07, 6.45) is 0. The van der Waals surface area contributed by atoms with Crippen LogP contribution in [0.5, 0.6) is 0 Å². The lowest BCUT2D eigenvalue weighted by molar-refractivity contribution is -0.117. The summed E-state index contributed by atoms with van der Waals surface area (Å²) in [5.41, 5.74) is 4.83. The second kappa shape index (κ2) is 8.19. The van der Waals surface area contributed by atoms with Gasteiger partial charge >= 0.3 is 0 Å². The number of hydrogen-bond donors (Lipinski definition) is 2. The molecule has 2 N–H and O–H groups in total. The highest BCUT2D eigenvalue weighted by Gasteiger charge is 2.21. The lowest BCUT2D eigenvalue weighted by atomic mass is 10.0. The Hall–Kier alpha value is -3.59. The Bertz CT molecular complexity index is 1150. The number of fused-ring (bicyclic) bond motifs is 1. The molecule has 0 saturated carbocycles. The number of carbonyl (C=O) groups is 1. The van der Waals surface area contributed by atoms with Crippen molar-refractivity contribution in [3.8, 4) is 0 Å². The van der Waals surface area contributed by atoms with Crippen LogP contribution in [0.1, 0.15) is 22.7 Å². The van der Waals surface area contributed by atoms with Crippen molar-refractivity contribution in [2.75, 3.05) is 10.6 Å². The molecule has 3 heteroatoms. The molecule has 4 rings (SSSR count). The van der Waals surface area contributed by atoms with Crippen molar-refractivity contribution >= 4 is 28.1 Å². The summed E-state index contributed by atoms with van der Waals surface area (Å²) in [7, 11) is 0. The first-order valence-electron chi connectivity index (χ1n) is 9.78. The molecule has 0 aliphatic heterocycles. The summed E-state index contributed by atoms with van der Waals surface area (Å²) in [6.45, 7) is 4.03. The molecule has 1 atom stereocenters. The number of aryl methyl sites for hydroxylation is 2. The molecule has 0 aromatic heterocycles. The maximum Gasteiger partial charge on any atom is 0.251 e. The van der Waals surface area contributed by atoms with Gasteiger partial charge in [0, 0.05) is 11.4 Å². The largest absolute Gasteiger partial charge is 0.370 e. The van der Waals surface area contributed by atoms with Crippen LogP contribution in [-0.4, -0.2) is 5.91 Å². The van der Waals surface area contributed by atoms with E-state index in [4.69, 9.17) is 0 Å². The van der Waals surface area contributed by atoms with Gasteiger partial charge in [-0.3, -0.25) is 4.79 Å². The summed E-state index contributed by atoms with van der Waals surface area (Å²) in [5.74, 6) is -0.0851. The fraction of sp³-hybridized carbons (Fsp3) is 0.115. The van der Waals surface area contributed by atoms with E-state index in [0.29, 0.717) is 0 Å². The molecule has 4 aromatic rings. The number of nitrogens with one attached hydrogen (secondary N) is 2. The van der Waals surface area contributed by atoms with E-state index in [1.165, 1.54) is 5.39 Å². The number of carbonyl (C=O) groups excluding carboxylic acids is 1. The molecule has 0 spiro atoms. The van der Waals surface area contributed by atoms with Crippen LogP contribution in [0.4, 0.5) is 11.4 Å². The third kappa shape index (κ3) is 4.30. The molecular formula is C26H24N2O. The molecular weight excluding hydrogens is 356 g/mol. The van der Waals surface area contributed by atoms with Gasteiger partial charge in [-0.2, -0.15) is 0 Å².